The standard InChI is InChI=1S/C17H18N4O4S/c1-25-10-6-7-14-13(8-10)18-15(22)9-21(14)16-11-4-3-5-12(11)19-17(20-16)26(2,23)24/h6-8H,3-5,9H2,1-2H3,(H,18,22). The van der Waals surface area contributed by atoms with Gasteiger partial charge in [0.2, 0.25) is 20.9 Å². The lowest BCUT2D eigenvalue weighted by Crippen LogP contribution is -2.36. The van der Waals surface area contributed by atoms with E-state index in [0.717, 1.165) is 36.0 Å². The highest BCUT2D eigenvalue weighted by molar-refractivity contribution is 7.90. The Labute approximate surface area is 151 Å². The van der Waals surface area contributed by atoms with Gasteiger partial charge in [0, 0.05) is 17.9 Å². The number of sulfone groups is 1. The van der Waals surface area contributed by atoms with Crippen LogP contribution in [0.4, 0.5) is 17.2 Å². The maximum atomic E-state index is 12.2. The van der Waals surface area contributed by atoms with Gasteiger partial charge in [0.05, 0.1) is 24.2 Å². The van der Waals surface area contributed by atoms with Gasteiger partial charge in [0.1, 0.15) is 18.1 Å². The van der Waals surface area contributed by atoms with Crippen molar-refractivity contribution >= 4 is 32.9 Å². The van der Waals surface area contributed by atoms with E-state index in [-0.39, 0.29) is 17.6 Å². The van der Waals surface area contributed by atoms with Crippen LogP contribution in [0.1, 0.15) is 17.7 Å². The van der Waals surface area contributed by atoms with Crippen LogP contribution in [-0.4, -0.2) is 44.2 Å². The molecule has 9 heteroatoms. The van der Waals surface area contributed by atoms with Crippen LogP contribution in [0.25, 0.3) is 0 Å². The minimum atomic E-state index is -3.56. The number of aromatic nitrogens is 2. The number of nitrogens with one attached hydrogen (secondary N) is 1. The van der Waals surface area contributed by atoms with Crippen molar-refractivity contribution < 1.29 is 17.9 Å². The van der Waals surface area contributed by atoms with Crippen LogP contribution in [0.15, 0.2) is 23.4 Å². The van der Waals surface area contributed by atoms with Crippen LogP contribution in [0.5, 0.6) is 5.75 Å². The lowest BCUT2D eigenvalue weighted by molar-refractivity contribution is -0.115. The highest BCUT2D eigenvalue weighted by Gasteiger charge is 2.31. The van der Waals surface area contributed by atoms with E-state index < -0.39 is 9.84 Å². The molecule has 0 spiro atoms. The van der Waals surface area contributed by atoms with Crippen molar-refractivity contribution in [2.45, 2.75) is 24.4 Å². The highest BCUT2D eigenvalue weighted by atomic mass is 32.2. The van der Waals surface area contributed by atoms with Gasteiger partial charge in [-0.25, -0.2) is 18.4 Å². The molecule has 26 heavy (non-hydrogen) atoms. The minimum absolute atomic E-state index is 0.0615. The number of hydrogen-bond donors (Lipinski definition) is 1. The first-order chi connectivity index (χ1) is 12.4. The number of amides is 1. The largest absolute Gasteiger partial charge is 0.497 e. The number of nitrogens with zero attached hydrogens (tertiary/aromatic N) is 3. The minimum Gasteiger partial charge on any atom is -0.497 e. The van der Waals surface area contributed by atoms with Gasteiger partial charge in [-0.1, -0.05) is 0 Å². The Morgan fingerprint density at radius 3 is 2.77 bits per heavy atom. The fraction of sp³-hybridized carbons (Fsp3) is 0.353. The normalized spacial score (nSPS) is 16.1. The van der Waals surface area contributed by atoms with Crippen LogP contribution in [-0.2, 0) is 27.5 Å². The SMILES string of the molecule is COc1ccc2c(c1)NC(=O)CN2c1nc(S(C)(=O)=O)nc2c1CCC2. The first kappa shape index (κ1) is 16.8. The number of carbonyl (C=O) groups is 1. The van der Waals surface area contributed by atoms with E-state index in [2.05, 4.69) is 15.3 Å². The smallest absolute Gasteiger partial charge is 0.249 e. The van der Waals surface area contributed by atoms with Crippen molar-refractivity contribution in [2.75, 3.05) is 30.1 Å². The Bertz CT molecular complexity index is 1020. The number of anilines is 3. The molecular formula is C17H18N4O4S. The van der Waals surface area contributed by atoms with E-state index in [1.54, 1.807) is 24.1 Å². The molecule has 1 N–H and O–H groups in total. The monoisotopic (exact) mass is 374 g/mol. The third-order valence-corrected chi connectivity index (χ3v) is 5.39. The molecule has 4 rings (SSSR count). The number of benzene rings is 1. The first-order valence-corrected chi connectivity index (χ1v) is 10.1. The molecule has 2 aromatic rings. The van der Waals surface area contributed by atoms with E-state index >= 15 is 0 Å². The summed E-state index contributed by atoms with van der Waals surface area (Å²) in [4.78, 5) is 22.6. The maximum absolute atomic E-state index is 12.2. The Morgan fingerprint density at radius 2 is 2.04 bits per heavy atom. The summed E-state index contributed by atoms with van der Waals surface area (Å²) in [6.45, 7) is 0.0615. The zero-order chi connectivity index (χ0) is 18.5. The van der Waals surface area contributed by atoms with Gasteiger partial charge in [0.25, 0.3) is 0 Å². The molecule has 0 radical (unpaired) electrons. The molecule has 1 aliphatic carbocycles. The van der Waals surface area contributed by atoms with Crippen molar-refractivity contribution in [3.8, 4) is 5.75 Å². The zero-order valence-electron chi connectivity index (χ0n) is 14.4. The number of aryl methyl sites for hydroxylation is 1. The van der Waals surface area contributed by atoms with Crippen molar-refractivity contribution in [3.63, 3.8) is 0 Å². The number of carbonyl (C=O) groups excluding carboxylic acids is 1. The summed E-state index contributed by atoms with van der Waals surface area (Å²) in [6, 6.07) is 5.36. The average molecular weight is 374 g/mol. The van der Waals surface area contributed by atoms with E-state index in [4.69, 9.17) is 4.74 Å². The Balaban J connectivity index is 1.91. The van der Waals surface area contributed by atoms with Gasteiger partial charge < -0.3 is 15.0 Å². The average Bonchev–Trinajstić information content (AvgIpc) is 3.07. The predicted molar refractivity (Wildman–Crippen MR) is 95.8 cm³/mol. The molecule has 1 amide bonds. The van der Waals surface area contributed by atoms with Crippen LogP contribution in [0.2, 0.25) is 0 Å². The second-order valence-corrected chi connectivity index (χ2v) is 8.31. The van der Waals surface area contributed by atoms with Crippen LogP contribution >= 0.6 is 0 Å². The maximum Gasteiger partial charge on any atom is 0.249 e. The number of hydrogen-bond acceptors (Lipinski definition) is 7. The van der Waals surface area contributed by atoms with Gasteiger partial charge in [-0.15, -0.1) is 0 Å². The second-order valence-electron chi connectivity index (χ2n) is 6.40. The molecule has 2 aliphatic rings. The van der Waals surface area contributed by atoms with E-state index in [1.807, 2.05) is 6.07 Å². The summed E-state index contributed by atoms with van der Waals surface area (Å²) in [6.07, 6.45) is 3.45. The molecule has 1 aromatic carbocycles. The number of ether oxygens (including phenoxy) is 1. The third-order valence-electron chi connectivity index (χ3n) is 4.55. The molecule has 136 valence electrons. The van der Waals surface area contributed by atoms with Crippen molar-refractivity contribution in [1.29, 1.82) is 0 Å². The van der Waals surface area contributed by atoms with E-state index in [1.165, 1.54) is 0 Å². The van der Waals surface area contributed by atoms with Gasteiger partial charge >= 0.3 is 0 Å². The van der Waals surface area contributed by atoms with Crippen molar-refractivity contribution in [1.82, 2.24) is 9.97 Å². The Kier molecular flexibility index (Phi) is 3.83. The molecule has 0 fully saturated rings. The highest BCUT2D eigenvalue weighted by Crippen LogP contribution is 2.40. The number of rotatable bonds is 3. The molecule has 0 saturated carbocycles. The molecular weight excluding hydrogens is 356 g/mol. The van der Waals surface area contributed by atoms with E-state index in [0.29, 0.717) is 23.7 Å². The topological polar surface area (TPSA) is 101 Å². The lowest BCUT2D eigenvalue weighted by atomic mass is 10.1. The lowest BCUT2D eigenvalue weighted by Gasteiger charge is -2.31. The van der Waals surface area contributed by atoms with Crippen LogP contribution < -0.4 is 15.0 Å². The summed E-state index contributed by atoms with van der Waals surface area (Å²) in [5.74, 6) is 0.918. The predicted octanol–water partition coefficient (Wildman–Crippen LogP) is 1.47. The molecule has 0 unspecified atom stereocenters. The van der Waals surface area contributed by atoms with Crippen LogP contribution in [0.3, 0.4) is 0 Å². The molecule has 2 heterocycles. The summed E-state index contributed by atoms with van der Waals surface area (Å²) < 4.78 is 29.3. The zero-order valence-corrected chi connectivity index (χ0v) is 15.3. The molecule has 0 saturated heterocycles. The number of fused-ring (bicyclic) bond motifs is 2. The molecule has 0 bridgehead atoms. The van der Waals surface area contributed by atoms with Crippen molar-refractivity contribution in [3.05, 3.63) is 29.5 Å². The van der Waals surface area contributed by atoms with Crippen molar-refractivity contribution in [2.24, 2.45) is 0 Å². The van der Waals surface area contributed by atoms with Crippen LogP contribution in [0, 0.1) is 0 Å². The summed E-state index contributed by atoms with van der Waals surface area (Å²) in [7, 11) is -2.00. The molecule has 1 aromatic heterocycles. The second kappa shape index (κ2) is 5.94. The Morgan fingerprint density at radius 1 is 1.23 bits per heavy atom. The molecule has 1 aliphatic heterocycles. The molecule has 8 nitrogen and oxygen atoms in total. The first-order valence-electron chi connectivity index (χ1n) is 8.22. The molecule has 0 atom stereocenters. The Hall–Kier alpha value is -2.68. The summed E-state index contributed by atoms with van der Waals surface area (Å²) in [5.41, 5.74) is 3.01. The van der Waals surface area contributed by atoms with Gasteiger partial charge in [-0.05, 0) is 31.4 Å². The number of methoxy groups -OCH3 is 1. The van der Waals surface area contributed by atoms with Gasteiger partial charge in [-0.2, -0.15) is 0 Å². The fourth-order valence-corrected chi connectivity index (χ4v) is 3.89. The fourth-order valence-electron chi connectivity index (χ4n) is 3.36. The summed E-state index contributed by atoms with van der Waals surface area (Å²) in [5, 5.41) is 2.62. The van der Waals surface area contributed by atoms with E-state index in [9.17, 15) is 13.2 Å². The third kappa shape index (κ3) is 2.78. The van der Waals surface area contributed by atoms with Gasteiger partial charge in [0.15, 0.2) is 0 Å². The quantitative estimate of drug-likeness (QED) is 0.812. The summed E-state index contributed by atoms with van der Waals surface area (Å²) >= 11 is 0. The van der Waals surface area contributed by atoms with Gasteiger partial charge in [-0.3, -0.25) is 4.79 Å².